The van der Waals surface area contributed by atoms with Gasteiger partial charge in [-0.25, -0.2) is 15.1 Å². The Morgan fingerprint density at radius 2 is 2.27 bits per heavy atom. The van der Waals surface area contributed by atoms with Gasteiger partial charge in [-0.05, 0) is 23.6 Å². The predicted octanol–water partition coefficient (Wildman–Crippen LogP) is 1.95. The lowest BCUT2D eigenvalue weighted by atomic mass is 10.0. The minimum absolute atomic E-state index is 0.120. The topological polar surface area (TPSA) is 53.6 Å². The molecule has 1 aromatic carbocycles. The number of alkyl halides is 1. The van der Waals surface area contributed by atoms with E-state index in [1.165, 1.54) is 10.2 Å². The summed E-state index contributed by atoms with van der Waals surface area (Å²) in [6.45, 7) is 2.11. The van der Waals surface area contributed by atoms with E-state index in [2.05, 4.69) is 39.2 Å². The Labute approximate surface area is 95.4 Å². The first kappa shape index (κ1) is 10.3. The van der Waals surface area contributed by atoms with Gasteiger partial charge in [0.2, 0.25) is 0 Å². The van der Waals surface area contributed by atoms with Crippen LogP contribution >= 0.6 is 15.9 Å². The fourth-order valence-electron chi connectivity index (χ4n) is 1.64. The van der Waals surface area contributed by atoms with E-state index in [4.69, 9.17) is 0 Å². The maximum Gasteiger partial charge on any atom is 0.361 e. The lowest BCUT2D eigenvalue weighted by Gasteiger charge is -2.14. The van der Waals surface area contributed by atoms with Crippen LogP contribution in [0.4, 0.5) is 0 Å². The fraction of sp³-hybridized carbons (Fsp3) is 0.300. The molecular formula is C10H12BrN3O. The average molecular weight is 270 g/mol. The molecule has 0 fully saturated rings. The van der Waals surface area contributed by atoms with Gasteiger partial charge in [-0.3, -0.25) is 0 Å². The molecule has 0 bridgehead atoms. The Hall–Kier alpha value is -1.23. The molecular weight excluding hydrogens is 258 g/mol. The van der Waals surface area contributed by atoms with Gasteiger partial charge in [0.05, 0.1) is 5.69 Å². The van der Waals surface area contributed by atoms with Crippen molar-refractivity contribution in [3.63, 3.8) is 0 Å². The highest BCUT2D eigenvalue weighted by molar-refractivity contribution is 9.08. The summed E-state index contributed by atoms with van der Waals surface area (Å²) in [5.74, 6) is 0. The van der Waals surface area contributed by atoms with Crippen molar-refractivity contribution in [2.24, 2.45) is 0 Å². The highest BCUT2D eigenvalue weighted by atomic mass is 79.9. The maximum atomic E-state index is 11.2. The van der Waals surface area contributed by atoms with Crippen molar-refractivity contribution in [2.75, 3.05) is 0 Å². The van der Waals surface area contributed by atoms with Crippen LogP contribution in [-0.2, 0) is 11.8 Å². The Balaban J connectivity index is 2.59. The third kappa shape index (κ3) is 1.67. The zero-order valence-corrected chi connectivity index (χ0v) is 9.97. The van der Waals surface area contributed by atoms with Crippen LogP contribution in [0.3, 0.4) is 0 Å². The Bertz CT molecular complexity index is 509. The van der Waals surface area contributed by atoms with Gasteiger partial charge in [0, 0.05) is 5.33 Å². The van der Waals surface area contributed by atoms with Gasteiger partial charge < -0.3 is 0 Å². The van der Waals surface area contributed by atoms with Crippen LogP contribution in [0.1, 0.15) is 18.1 Å². The van der Waals surface area contributed by atoms with E-state index in [0.29, 0.717) is 0 Å². The van der Waals surface area contributed by atoms with Gasteiger partial charge in [-0.1, -0.05) is 35.0 Å². The molecule has 0 atom stereocenters. The number of rotatable bonds is 3. The molecule has 0 aliphatic carbocycles. The quantitative estimate of drug-likeness (QED) is 0.823. The molecule has 0 spiro atoms. The summed E-state index contributed by atoms with van der Waals surface area (Å²) >= 11 is 3.46. The normalized spacial score (nSPS) is 10.8. The second-order valence-electron chi connectivity index (χ2n) is 3.28. The number of nitrogens with one attached hydrogen (secondary N) is 2. The van der Waals surface area contributed by atoms with Crippen molar-refractivity contribution in [2.45, 2.75) is 18.7 Å². The molecule has 4 nitrogen and oxygen atoms in total. The van der Waals surface area contributed by atoms with E-state index < -0.39 is 0 Å². The van der Waals surface area contributed by atoms with Crippen molar-refractivity contribution in [1.82, 2.24) is 15.0 Å². The molecule has 0 saturated carbocycles. The van der Waals surface area contributed by atoms with Gasteiger partial charge in [0.25, 0.3) is 0 Å². The highest BCUT2D eigenvalue weighted by Gasteiger charge is 2.10. The molecule has 0 saturated heterocycles. The van der Waals surface area contributed by atoms with Crippen molar-refractivity contribution in [3.05, 3.63) is 39.8 Å². The number of aryl methyl sites for hydroxylation is 1. The second-order valence-corrected chi connectivity index (χ2v) is 3.84. The zero-order valence-electron chi connectivity index (χ0n) is 8.38. The molecule has 0 aliphatic heterocycles. The number of aromatic nitrogens is 3. The van der Waals surface area contributed by atoms with E-state index in [0.717, 1.165) is 23.0 Å². The zero-order chi connectivity index (χ0) is 10.8. The van der Waals surface area contributed by atoms with Gasteiger partial charge in [0.15, 0.2) is 0 Å². The molecule has 2 rings (SSSR count). The molecule has 0 radical (unpaired) electrons. The molecule has 15 heavy (non-hydrogen) atoms. The first-order valence-electron chi connectivity index (χ1n) is 4.80. The van der Waals surface area contributed by atoms with Crippen molar-refractivity contribution >= 4 is 15.9 Å². The molecule has 0 amide bonds. The molecule has 2 N–H and O–H groups in total. The number of hydrogen-bond donors (Lipinski definition) is 2. The van der Waals surface area contributed by atoms with Gasteiger partial charge in [0.1, 0.15) is 0 Å². The van der Waals surface area contributed by atoms with E-state index in [-0.39, 0.29) is 5.69 Å². The number of nitrogens with zero attached hydrogens (tertiary/aromatic N) is 1. The average Bonchev–Trinajstić information content (AvgIpc) is 2.26. The molecule has 5 heteroatoms. The monoisotopic (exact) mass is 269 g/mol. The number of benzene rings is 1. The summed E-state index contributed by atoms with van der Waals surface area (Å²) in [5, 5.41) is 5.97. The number of halogens is 1. The van der Waals surface area contributed by atoms with Gasteiger partial charge >= 0.3 is 5.69 Å². The van der Waals surface area contributed by atoms with E-state index in [9.17, 15) is 4.79 Å². The summed E-state index contributed by atoms with van der Waals surface area (Å²) in [4.78, 5) is 11.2. The van der Waals surface area contributed by atoms with Crippen LogP contribution in [0, 0.1) is 0 Å². The second kappa shape index (κ2) is 4.10. The third-order valence-corrected chi connectivity index (χ3v) is 3.04. The molecule has 80 valence electrons. The summed E-state index contributed by atoms with van der Waals surface area (Å²) < 4.78 is 1.51. The van der Waals surface area contributed by atoms with Crippen molar-refractivity contribution in [3.8, 4) is 5.69 Å². The van der Waals surface area contributed by atoms with Crippen LogP contribution in [-0.4, -0.2) is 15.0 Å². The standard InChI is InChI=1S/C10H12BrN3O/c1-2-7-4-3-5-9(8(7)6-11)14-10(15)12-13-14/h3-5,13H,2,6H2,1H3,(H,12,15). The van der Waals surface area contributed by atoms with Crippen molar-refractivity contribution in [1.29, 1.82) is 0 Å². The first-order valence-corrected chi connectivity index (χ1v) is 5.92. The summed E-state index contributed by atoms with van der Waals surface area (Å²) in [6.07, 6.45) is 0.963. The minimum atomic E-state index is -0.120. The van der Waals surface area contributed by atoms with E-state index >= 15 is 0 Å². The molecule has 2 aromatic rings. The lowest BCUT2D eigenvalue weighted by Crippen LogP contribution is -2.32. The summed E-state index contributed by atoms with van der Waals surface area (Å²) in [6, 6.07) is 5.98. The van der Waals surface area contributed by atoms with E-state index in [1.807, 2.05) is 12.1 Å². The first-order chi connectivity index (χ1) is 7.27. The SMILES string of the molecule is CCc1cccc(-n2[nH][nH]c2=O)c1CBr. The maximum absolute atomic E-state index is 11.2. The lowest BCUT2D eigenvalue weighted by molar-refractivity contribution is 0.596. The third-order valence-electron chi connectivity index (χ3n) is 2.48. The van der Waals surface area contributed by atoms with Gasteiger partial charge in [-0.15, -0.1) is 0 Å². The number of hydrogen-bond acceptors (Lipinski definition) is 1. The molecule has 0 unspecified atom stereocenters. The fourth-order valence-corrected chi connectivity index (χ4v) is 2.29. The van der Waals surface area contributed by atoms with Crippen LogP contribution in [0.5, 0.6) is 0 Å². The Morgan fingerprint density at radius 3 is 2.73 bits per heavy atom. The van der Waals surface area contributed by atoms with Gasteiger partial charge in [-0.2, -0.15) is 4.68 Å². The summed E-state index contributed by atoms with van der Waals surface area (Å²) in [7, 11) is 0. The van der Waals surface area contributed by atoms with Crippen LogP contribution < -0.4 is 5.69 Å². The smallest absolute Gasteiger partial charge is 0.244 e. The molecule has 1 aromatic heterocycles. The van der Waals surface area contributed by atoms with Crippen LogP contribution in [0.15, 0.2) is 23.0 Å². The highest BCUT2D eigenvalue weighted by Crippen LogP contribution is 2.20. The largest absolute Gasteiger partial charge is 0.361 e. The molecule has 0 aliphatic rings. The van der Waals surface area contributed by atoms with E-state index in [1.54, 1.807) is 0 Å². The number of aromatic amines is 2. The predicted molar refractivity (Wildman–Crippen MR) is 62.7 cm³/mol. The molecule has 1 heterocycles. The Morgan fingerprint density at radius 1 is 1.47 bits per heavy atom. The Kier molecular flexibility index (Phi) is 2.81. The van der Waals surface area contributed by atoms with Crippen molar-refractivity contribution < 1.29 is 0 Å². The van der Waals surface area contributed by atoms with Crippen LogP contribution in [0.2, 0.25) is 0 Å². The number of H-pyrrole nitrogens is 2. The van der Waals surface area contributed by atoms with Crippen LogP contribution in [0.25, 0.3) is 5.69 Å². The minimum Gasteiger partial charge on any atom is -0.244 e. The summed E-state index contributed by atoms with van der Waals surface area (Å²) in [5.41, 5.74) is 3.20.